The van der Waals surface area contributed by atoms with Gasteiger partial charge in [0.25, 0.3) is 5.56 Å². The summed E-state index contributed by atoms with van der Waals surface area (Å²) in [7, 11) is -3.96. The second-order valence-corrected chi connectivity index (χ2v) is 11.5. The third kappa shape index (κ3) is 7.07. The first-order chi connectivity index (χ1) is 19.7. The second-order valence-electron chi connectivity index (χ2n) is 8.60. The van der Waals surface area contributed by atoms with Crippen LogP contribution in [0.1, 0.15) is 11.3 Å². The number of imidazole rings is 1. The van der Waals surface area contributed by atoms with Crippen molar-refractivity contribution in [3.05, 3.63) is 97.4 Å². The number of rotatable bonds is 12. The zero-order valence-electron chi connectivity index (χ0n) is 21.1. The molecule has 0 saturated heterocycles. The molecule has 0 radical (unpaired) electrons. The van der Waals surface area contributed by atoms with Crippen LogP contribution < -0.4 is 17.1 Å². The number of nitrogens with one attached hydrogen (secondary N) is 1. The molecule has 16 heteroatoms. The van der Waals surface area contributed by atoms with Crippen molar-refractivity contribution in [2.75, 3.05) is 18.7 Å². The summed E-state index contributed by atoms with van der Waals surface area (Å²) < 4.78 is 56.6. The van der Waals surface area contributed by atoms with Gasteiger partial charge in [-0.1, -0.05) is 28.1 Å². The van der Waals surface area contributed by atoms with Crippen LogP contribution in [0, 0.1) is 5.82 Å². The van der Waals surface area contributed by atoms with E-state index >= 15 is 0 Å². The van der Waals surface area contributed by atoms with E-state index in [0.717, 1.165) is 4.47 Å². The zero-order chi connectivity index (χ0) is 29.0. The Morgan fingerprint density at radius 1 is 1.10 bits per heavy atom. The van der Waals surface area contributed by atoms with E-state index in [9.17, 15) is 18.5 Å². The van der Waals surface area contributed by atoms with Crippen molar-refractivity contribution in [3.63, 3.8) is 0 Å². The van der Waals surface area contributed by atoms with Crippen LogP contribution in [0.4, 0.5) is 10.3 Å². The Morgan fingerprint density at radius 3 is 2.66 bits per heavy atom. The summed E-state index contributed by atoms with van der Waals surface area (Å²) in [5.74, 6) is -1.61. The summed E-state index contributed by atoms with van der Waals surface area (Å²) in [6.45, 7) is -0.313. The molecule has 0 spiro atoms. The first-order valence-corrected chi connectivity index (χ1v) is 14.5. The van der Waals surface area contributed by atoms with Crippen molar-refractivity contribution in [2.45, 2.75) is 19.8 Å². The number of benzene rings is 2. The minimum absolute atomic E-state index is 0.00297. The van der Waals surface area contributed by atoms with E-state index in [4.69, 9.17) is 28.4 Å². The number of H-pyrrole nitrogens is 1. The number of aromatic nitrogens is 4. The Balaban J connectivity index is 1.29. The van der Waals surface area contributed by atoms with E-state index in [1.165, 1.54) is 30.6 Å². The number of ether oxygens (including phenoxy) is 1. The number of nitrogens with zero attached hydrogens (tertiary/aromatic N) is 3. The van der Waals surface area contributed by atoms with E-state index in [1.807, 2.05) is 6.07 Å². The molecule has 2 aromatic carbocycles. The maximum atomic E-state index is 13.7. The van der Waals surface area contributed by atoms with Gasteiger partial charge in [-0.05, 0) is 42.0 Å². The third-order valence-corrected chi connectivity index (χ3v) is 7.72. The first kappa shape index (κ1) is 28.6. The van der Waals surface area contributed by atoms with Gasteiger partial charge in [-0.3, -0.25) is 18.9 Å². The molecule has 1 atom stereocenters. The number of aromatic amines is 1. The molecule has 41 heavy (non-hydrogen) atoms. The lowest BCUT2D eigenvalue weighted by Gasteiger charge is -2.18. The van der Waals surface area contributed by atoms with Gasteiger partial charge >= 0.3 is 13.4 Å². The first-order valence-electron chi connectivity index (χ1n) is 12.0. The Kier molecular flexibility index (Phi) is 8.61. The van der Waals surface area contributed by atoms with Crippen LogP contribution in [0.3, 0.4) is 0 Å². The molecule has 0 aliphatic carbocycles. The minimum atomic E-state index is -3.96. The highest BCUT2D eigenvalue weighted by Gasteiger charge is 2.28. The van der Waals surface area contributed by atoms with Crippen LogP contribution in [0.25, 0.3) is 22.5 Å². The molecule has 0 aliphatic heterocycles. The summed E-state index contributed by atoms with van der Waals surface area (Å²) >= 11 is 3.38. The molecule has 3 aromatic heterocycles. The van der Waals surface area contributed by atoms with E-state index in [2.05, 4.69) is 30.9 Å². The van der Waals surface area contributed by atoms with Gasteiger partial charge in [0, 0.05) is 16.6 Å². The highest BCUT2D eigenvalue weighted by atomic mass is 79.9. The molecule has 3 N–H and O–H groups in total. The van der Waals surface area contributed by atoms with E-state index in [0.29, 0.717) is 11.1 Å². The highest BCUT2D eigenvalue weighted by Crippen LogP contribution is 2.50. The van der Waals surface area contributed by atoms with Crippen molar-refractivity contribution in [1.29, 1.82) is 0 Å². The number of fused-ring (bicyclic) bond motifs is 1. The molecular weight excluding hydrogens is 628 g/mol. The largest absolute Gasteiger partial charge is 0.519 e. The molecule has 214 valence electrons. The van der Waals surface area contributed by atoms with Gasteiger partial charge in [0.1, 0.15) is 18.8 Å². The van der Waals surface area contributed by atoms with Gasteiger partial charge in [-0.25, -0.2) is 14.2 Å². The molecular formula is C25H22BrFN5O8P. The zero-order valence-corrected chi connectivity index (χ0v) is 23.6. The maximum absolute atomic E-state index is 13.7. The van der Waals surface area contributed by atoms with Crippen LogP contribution in [-0.4, -0.2) is 32.5 Å². The summed E-state index contributed by atoms with van der Waals surface area (Å²) in [6.07, 6.45) is 0.950. The average Bonchev–Trinajstić information content (AvgIpc) is 3.52. The normalized spacial score (nSPS) is 13.0. The van der Waals surface area contributed by atoms with Gasteiger partial charge < -0.3 is 28.4 Å². The maximum Gasteiger partial charge on any atom is 0.519 e. The Morgan fingerprint density at radius 2 is 1.88 bits per heavy atom. The van der Waals surface area contributed by atoms with Gasteiger partial charge in [0.15, 0.2) is 22.7 Å². The number of nitrogen functional groups attached to an aromatic ring is 1. The van der Waals surface area contributed by atoms with E-state index in [1.54, 1.807) is 22.8 Å². The van der Waals surface area contributed by atoms with Crippen molar-refractivity contribution < 1.29 is 31.6 Å². The number of anilines is 1. The molecule has 0 saturated carbocycles. The SMILES string of the molecule is Nc1nc2c(ncn2CCOCP(=O)(OCc2cccc(Br)c2)OCc2oc(=O)oc2-c2ccc(F)cc2)c(=O)[nH]1. The smallest absolute Gasteiger partial charge is 0.393 e. The molecule has 3 heterocycles. The molecule has 13 nitrogen and oxygen atoms in total. The summed E-state index contributed by atoms with van der Waals surface area (Å²) in [5.41, 5.74) is 6.61. The Bertz CT molecular complexity index is 1830. The monoisotopic (exact) mass is 649 g/mol. The predicted octanol–water partition coefficient (Wildman–Crippen LogP) is 4.42. The molecule has 5 aromatic rings. The Hall–Kier alpha value is -3.88. The number of halogens is 2. The molecule has 0 amide bonds. The molecule has 0 aliphatic rings. The van der Waals surface area contributed by atoms with Gasteiger partial charge in [-0.2, -0.15) is 4.98 Å². The third-order valence-electron chi connectivity index (χ3n) is 5.68. The predicted molar refractivity (Wildman–Crippen MR) is 147 cm³/mol. The summed E-state index contributed by atoms with van der Waals surface area (Å²) in [4.78, 5) is 34.3. The van der Waals surface area contributed by atoms with Gasteiger partial charge in [0.05, 0.1) is 19.5 Å². The lowest BCUT2D eigenvalue weighted by Crippen LogP contribution is -2.13. The van der Waals surface area contributed by atoms with E-state index in [-0.39, 0.29) is 48.4 Å². The number of hydrogen-bond donors (Lipinski definition) is 2. The number of nitrogens with two attached hydrogens (primary N) is 1. The second kappa shape index (κ2) is 12.3. The minimum Gasteiger partial charge on any atom is -0.393 e. The van der Waals surface area contributed by atoms with Gasteiger partial charge in [-0.15, -0.1) is 0 Å². The van der Waals surface area contributed by atoms with Gasteiger partial charge in [0.2, 0.25) is 5.95 Å². The number of hydrogen-bond acceptors (Lipinski definition) is 11. The fraction of sp³-hybridized carbons (Fsp3) is 0.200. The summed E-state index contributed by atoms with van der Waals surface area (Å²) in [5, 5.41) is 0. The molecule has 0 fully saturated rings. The average molecular weight is 650 g/mol. The standard InChI is InChI=1S/C25H22BrFN5O8P/c26-17-3-1-2-15(10-17)11-37-41(35,14-36-9-8-32-13-29-20-22(32)30-24(28)31-23(20)33)38-12-19-21(40-25(34)39-19)16-4-6-18(27)7-5-16/h1-7,10,13H,8-9,11-12,14H2,(H3,28,30,31,33). The lowest BCUT2D eigenvalue weighted by atomic mass is 10.1. The Labute approximate surface area is 238 Å². The molecule has 1 unspecified atom stereocenters. The quantitative estimate of drug-likeness (QED) is 0.144. The molecule has 5 rings (SSSR count). The van der Waals surface area contributed by atoms with Crippen LogP contribution >= 0.6 is 23.5 Å². The lowest BCUT2D eigenvalue weighted by molar-refractivity contribution is 0.114. The van der Waals surface area contributed by atoms with Crippen molar-refractivity contribution >= 4 is 40.6 Å². The fourth-order valence-electron chi connectivity index (χ4n) is 3.77. The highest BCUT2D eigenvalue weighted by molar-refractivity contribution is 9.10. The summed E-state index contributed by atoms with van der Waals surface area (Å²) in [6, 6.07) is 12.4. The van der Waals surface area contributed by atoms with Crippen molar-refractivity contribution in [3.8, 4) is 11.3 Å². The molecule has 0 bridgehead atoms. The van der Waals surface area contributed by atoms with Crippen LogP contribution in [-0.2, 0) is 38.1 Å². The van der Waals surface area contributed by atoms with Crippen molar-refractivity contribution in [1.82, 2.24) is 19.5 Å². The topological polar surface area (TPSA) is 178 Å². The van der Waals surface area contributed by atoms with Crippen molar-refractivity contribution in [2.24, 2.45) is 0 Å². The van der Waals surface area contributed by atoms with Crippen LogP contribution in [0.5, 0.6) is 0 Å². The van der Waals surface area contributed by atoms with Crippen LogP contribution in [0.15, 0.2) is 77.8 Å². The van der Waals surface area contributed by atoms with Crippen LogP contribution in [0.2, 0.25) is 0 Å². The van der Waals surface area contributed by atoms with E-state index < -0.39 is 37.7 Å². The fourth-order valence-corrected chi connectivity index (χ4v) is 5.45.